The van der Waals surface area contributed by atoms with Gasteiger partial charge in [0.25, 0.3) is 5.91 Å². The van der Waals surface area contributed by atoms with Crippen molar-refractivity contribution in [1.29, 1.82) is 0 Å². The van der Waals surface area contributed by atoms with E-state index in [1.54, 1.807) is 18.0 Å². The Hall–Kier alpha value is -3.08. The molecule has 3 aromatic rings. The van der Waals surface area contributed by atoms with E-state index in [1.807, 2.05) is 56.3 Å². The van der Waals surface area contributed by atoms with Crippen molar-refractivity contribution in [2.75, 3.05) is 13.6 Å². The number of carbonyl (C=O) groups excluding carboxylic acids is 1. The van der Waals surface area contributed by atoms with Crippen LogP contribution in [0.25, 0.3) is 11.3 Å². The smallest absolute Gasteiger partial charge is 0.257 e. The molecular weight excluding hydrogens is 338 g/mol. The Balaban J connectivity index is 1.57. The minimum absolute atomic E-state index is 0.0768. The Morgan fingerprint density at radius 1 is 1.15 bits per heavy atom. The molecule has 140 valence electrons. The lowest BCUT2D eigenvalue weighted by Gasteiger charge is -2.18. The molecule has 0 saturated carbocycles. The number of amides is 1. The first-order chi connectivity index (χ1) is 13.0. The molecule has 5 heteroatoms. The lowest BCUT2D eigenvalue weighted by Crippen LogP contribution is -2.28. The zero-order chi connectivity index (χ0) is 19.4. The van der Waals surface area contributed by atoms with Crippen molar-refractivity contribution < 1.29 is 9.90 Å². The molecule has 27 heavy (non-hydrogen) atoms. The molecular formula is C22H25N3O2. The van der Waals surface area contributed by atoms with Crippen molar-refractivity contribution in [3.63, 3.8) is 0 Å². The third kappa shape index (κ3) is 4.19. The van der Waals surface area contributed by atoms with Crippen LogP contribution in [0, 0.1) is 13.8 Å². The summed E-state index contributed by atoms with van der Waals surface area (Å²) in [6.45, 7) is 4.34. The van der Waals surface area contributed by atoms with Crippen molar-refractivity contribution in [1.82, 2.24) is 15.1 Å². The molecule has 0 spiro atoms. The summed E-state index contributed by atoms with van der Waals surface area (Å²) < 4.78 is 0. The van der Waals surface area contributed by atoms with Gasteiger partial charge in [0.1, 0.15) is 5.75 Å². The van der Waals surface area contributed by atoms with Crippen LogP contribution in [-0.2, 0) is 6.42 Å². The lowest BCUT2D eigenvalue weighted by molar-refractivity contribution is 0.0790. The quantitative estimate of drug-likeness (QED) is 0.693. The van der Waals surface area contributed by atoms with Gasteiger partial charge in [-0.15, -0.1) is 0 Å². The number of phenolic OH excluding ortho intramolecular Hbond substituents is 1. The number of nitrogens with zero attached hydrogens (tertiary/aromatic N) is 2. The average Bonchev–Trinajstić information content (AvgIpc) is 3.15. The Morgan fingerprint density at radius 3 is 2.63 bits per heavy atom. The van der Waals surface area contributed by atoms with Gasteiger partial charge in [-0.1, -0.05) is 36.4 Å². The van der Waals surface area contributed by atoms with E-state index in [1.165, 1.54) is 0 Å². The average molecular weight is 363 g/mol. The third-order valence-corrected chi connectivity index (χ3v) is 4.92. The maximum absolute atomic E-state index is 12.6. The van der Waals surface area contributed by atoms with Crippen LogP contribution in [0.1, 0.15) is 33.6 Å². The van der Waals surface area contributed by atoms with Gasteiger partial charge in [-0.25, -0.2) is 0 Å². The number of H-pyrrole nitrogens is 1. The van der Waals surface area contributed by atoms with Crippen LogP contribution in [0.3, 0.4) is 0 Å². The number of rotatable bonds is 6. The van der Waals surface area contributed by atoms with Gasteiger partial charge in [0.05, 0.1) is 11.3 Å². The minimum Gasteiger partial charge on any atom is -0.507 e. The fraction of sp³-hybridized carbons (Fsp3) is 0.273. The first-order valence-corrected chi connectivity index (χ1v) is 9.11. The van der Waals surface area contributed by atoms with E-state index in [4.69, 9.17) is 0 Å². The van der Waals surface area contributed by atoms with E-state index < -0.39 is 0 Å². The number of aromatic hydroxyl groups is 1. The Labute approximate surface area is 159 Å². The molecule has 0 aliphatic carbocycles. The first kappa shape index (κ1) is 18.7. The van der Waals surface area contributed by atoms with Gasteiger partial charge in [0, 0.05) is 24.8 Å². The highest BCUT2D eigenvalue weighted by Crippen LogP contribution is 2.26. The maximum atomic E-state index is 12.6. The number of aryl methyl sites for hydroxylation is 2. The normalized spacial score (nSPS) is 10.8. The maximum Gasteiger partial charge on any atom is 0.257 e. The molecule has 0 fully saturated rings. The van der Waals surface area contributed by atoms with E-state index in [0.29, 0.717) is 12.1 Å². The zero-order valence-corrected chi connectivity index (χ0v) is 16.0. The number of phenols is 1. The SMILES string of the molecule is Cc1ccc(C(=O)N(C)CCCc2cc(-c3ccccc3)n[nH]2)c(O)c1C. The van der Waals surface area contributed by atoms with E-state index in [0.717, 1.165) is 40.9 Å². The summed E-state index contributed by atoms with van der Waals surface area (Å²) in [4.78, 5) is 14.3. The molecule has 0 unspecified atom stereocenters. The summed E-state index contributed by atoms with van der Waals surface area (Å²) in [5, 5.41) is 17.7. The second-order valence-corrected chi connectivity index (χ2v) is 6.88. The standard InChI is InChI=1S/C22H25N3O2/c1-15-11-12-19(21(26)16(15)2)22(27)25(3)13-7-10-18-14-20(24-23-18)17-8-5-4-6-9-17/h4-6,8-9,11-12,14,26H,7,10,13H2,1-3H3,(H,23,24). The topological polar surface area (TPSA) is 69.2 Å². The molecule has 0 radical (unpaired) electrons. The van der Waals surface area contributed by atoms with Gasteiger partial charge in [0.2, 0.25) is 0 Å². The van der Waals surface area contributed by atoms with E-state index in [-0.39, 0.29) is 11.7 Å². The first-order valence-electron chi connectivity index (χ1n) is 9.11. The summed E-state index contributed by atoms with van der Waals surface area (Å²) in [6.07, 6.45) is 1.61. The number of benzene rings is 2. The fourth-order valence-electron chi connectivity index (χ4n) is 3.03. The number of aromatic amines is 1. The van der Waals surface area contributed by atoms with Gasteiger partial charge < -0.3 is 10.0 Å². The van der Waals surface area contributed by atoms with Gasteiger partial charge in [-0.2, -0.15) is 5.10 Å². The zero-order valence-electron chi connectivity index (χ0n) is 16.0. The molecule has 0 bridgehead atoms. The molecule has 0 aliphatic heterocycles. The van der Waals surface area contributed by atoms with Crippen LogP contribution in [0.4, 0.5) is 0 Å². The van der Waals surface area contributed by atoms with Gasteiger partial charge in [-0.3, -0.25) is 9.89 Å². The van der Waals surface area contributed by atoms with Gasteiger partial charge in [0.15, 0.2) is 0 Å². The summed E-state index contributed by atoms with van der Waals surface area (Å²) in [5.41, 5.74) is 5.13. The predicted molar refractivity (Wildman–Crippen MR) is 107 cm³/mol. The monoisotopic (exact) mass is 363 g/mol. The third-order valence-electron chi connectivity index (χ3n) is 4.92. The van der Waals surface area contributed by atoms with Crippen LogP contribution >= 0.6 is 0 Å². The van der Waals surface area contributed by atoms with Gasteiger partial charge >= 0.3 is 0 Å². The largest absolute Gasteiger partial charge is 0.507 e. The summed E-state index contributed by atoms with van der Waals surface area (Å²) in [5.74, 6) is -0.0851. The fourth-order valence-corrected chi connectivity index (χ4v) is 3.03. The Kier molecular flexibility index (Phi) is 5.60. The lowest BCUT2D eigenvalue weighted by atomic mass is 10.0. The van der Waals surface area contributed by atoms with Crippen LogP contribution < -0.4 is 0 Å². The molecule has 3 rings (SSSR count). The molecule has 1 heterocycles. The summed E-state index contributed by atoms with van der Waals surface area (Å²) >= 11 is 0. The van der Waals surface area contributed by atoms with Crippen molar-refractivity contribution >= 4 is 5.91 Å². The molecule has 1 aromatic heterocycles. The van der Waals surface area contributed by atoms with Crippen molar-refractivity contribution in [2.45, 2.75) is 26.7 Å². The number of hydrogen-bond donors (Lipinski definition) is 2. The number of carbonyl (C=O) groups is 1. The van der Waals surface area contributed by atoms with Crippen LogP contribution in [0.2, 0.25) is 0 Å². The molecule has 2 N–H and O–H groups in total. The Morgan fingerprint density at radius 2 is 1.89 bits per heavy atom. The van der Waals surface area contributed by atoms with Gasteiger partial charge in [-0.05, 0) is 49.9 Å². The highest BCUT2D eigenvalue weighted by Gasteiger charge is 2.17. The highest BCUT2D eigenvalue weighted by molar-refractivity contribution is 5.97. The van der Waals surface area contributed by atoms with Crippen LogP contribution in [0.5, 0.6) is 5.75 Å². The molecule has 5 nitrogen and oxygen atoms in total. The highest BCUT2D eigenvalue weighted by atomic mass is 16.3. The molecule has 1 amide bonds. The molecule has 2 aromatic carbocycles. The molecule has 0 saturated heterocycles. The predicted octanol–water partition coefficient (Wildman–Crippen LogP) is 4.10. The van der Waals surface area contributed by atoms with Crippen molar-refractivity contribution in [3.05, 3.63) is 70.9 Å². The molecule has 0 aliphatic rings. The second kappa shape index (κ2) is 8.08. The number of nitrogens with one attached hydrogen (secondary N) is 1. The van der Waals surface area contributed by atoms with E-state index >= 15 is 0 Å². The molecule has 0 atom stereocenters. The Bertz CT molecular complexity index is 932. The number of hydrogen-bond acceptors (Lipinski definition) is 3. The van der Waals surface area contributed by atoms with Crippen LogP contribution in [0.15, 0.2) is 48.5 Å². The minimum atomic E-state index is -0.162. The van der Waals surface area contributed by atoms with Crippen molar-refractivity contribution in [3.8, 4) is 17.0 Å². The summed E-state index contributed by atoms with van der Waals surface area (Å²) in [7, 11) is 1.76. The van der Waals surface area contributed by atoms with E-state index in [2.05, 4.69) is 10.2 Å². The van der Waals surface area contributed by atoms with E-state index in [9.17, 15) is 9.90 Å². The van der Waals surface area contributed by atoms with Crippen molar-refractivity contribution in [2.24, 2.45) is 0 Å². The number of aromatic nitrogens is 2. The van der Waals surface area contributed by atoms with Crippen LogP contribution in [-0.4, -0.2) is 39.7 Å². The summed E-state index contributed by atoms with van der Waals surface area (Å²) in [6, 6.07) is 15.6. The second-order valence-electron chi connectivity index (χ2n) is 6.88.